The van der Waals surface area contributed by atoms with Crippen LogP contribution in [0.5, 0.6) is 5.75 Å². The molecule has 0 aliphatic heterocycles. The van der Waals surface area contributed by atoms with Gasteiger partial charge in [-0.05, 0) is 42.3 Å². The summed E-state index contributed by atoms with van der Waals surface area (Å²) in [6.45, 7) is 2.10. The highest BCUT2D eigenvalue weighted by Gasteiger charge is 2.14. The Morgan fingerprint density at radius 3 is 2.68 bits per heavy atom. The number of allylic oxidation sites excluding steroid dienone is 1. The Morgan fingerprint density at radius 1 is 1.07 bits per heavy atom. The van der Waals surface area contributed by atoms with Gasteiger partial charge in [-0.1, -0.05) is 48.6 Å². The Bertz CT molecular complexity index is 1020. The van der Waals surface area contributed by atoms with Crippen molar-refractivity contribution in [2.75, 3.05) is 6.61 Å². The summed E-state index contributed by atoms with van der Waals surface area (Å²) in [5.74, 6) is -0.513. The number of aliphatic carboxylic acids is 1. The standard InChI is InChI=1S/C23H21NO4/c1-17-7-2-3-11-20(17)23(27)21-12-6-14-24(21)13-5-9-18-8-4-10-19(15-18)28-16-22(25)26/h2-12,14-15H,13,16H2,1H3,(H,25,26). The first-order chi connectivity index (χ1) is 13.5. The molecule has 0 aliphatic rings. The lowest BCUT2D eigenvalue weighted by Crippen LogP contribution is -2.10. The van der Waals surface area contributed by atoms with Gasteiger partial charge in [-0.3, -0.25) is 4.79 Å². The van der Waals surface area contributed by atoms with E-state index in [1.165, 1.54) is 0 Å². The summed E-state index contributed by atoms with van der Waals surface area (Å²) < 4.78 is 7.09. The molecule has 0 amide bonds. The molecule has 0 atom stereocenters. The minimum Gasteiger partial charge on any atom is -0.482 e. The zero-order chi connectivity index (χ0) is 19.9. The van der Waals surface area contributed by atoms with E-state index in [1.54, 1.807) is 18.2 Å². The van der Waals surface area contributed by atoms with Gasteiger partial charge in [0.2, 0.25) is 5.78 Å². The molecule has 0 saturated heterocycles. The first-order valence-electron chi connectivity index (χ1n) is 8.91. The minimum absolute atomic E-state index is 0.000526. The quantitative estimate of drug-likeness (QED) is 0.599. The Kier molecular flexibility index (Phi) is 6.07. The second-order valence-corrected chi connectivity index (χ2v) is 6.35. The van der Waals surface area contributed by atoms with Gasteiger partial charge in [0.05, 0.1) is 5.69 Å². The van der Waals surface area contributed by atoms with Gasteiger partial charge < -0.3 is 14.4 Å². The van der Waals surface area contributed by atoms with Gasteiger partial charge in [0.15, 0.2) is 6.61 Å². The lowest BCUT2D eigenvalue weighted by Gasteiger charge is -2.08. The van der Waals surface area contributed by atoms with Crippen LogP contribution in [0.15, 0.2) is 72.9 Å². The van der Waals surface area contributed by atoms with Crippen molar-refractivity contribution in [1.29, 1.82) is 0 Å². The van der Waals surface area contributed by atoms with Crippen molar-refractivity contribution in [2.24, 2.45) is 0 Å². The second kappa shape index (κ2) is 8.86. The molecule has 1 heterocycles. The summed E-state index contributed by atoms with van der Waals surface area (Å²) in [4.78, 5) is 23.4. The highest BCUT2D eigenvalue weighted by Crippen LogP contribution is 2.16. The number of carbonyl (C=O) groups excluding carboxylic acids is 1. The van der Waals surface area contributed by atoms with Crippen LogP contribution in [0.4, 0.5) is 0 Å². The van der Waals surface area contributed by atoms with Crippen molar-refractivity contribution >= 4 is 17.8 Å². The van der Waals surface area contributed by atoms with E-state index in [1.807, 2.05) is 72.3 Å². The number of ether oxygens (including phenoxy) is 1. The summed E-state index contributed by atoms with van der Waals surface area (Å²) >= 11 is 0. The predicted octanol–water partition coefficient (Wildman–Crippen LogP) is 4.20. The molecule has 0 saturated carbocycles. The number of benzene rings is 2. The zero-order valence-electron chi connectivity index (χ0n) is 15.5. The van der Waals surface area contributed by atoms with Crippen LogP contribution < -0.4 is 4.74 Å². The molecule has 5 heteroatoms. The molecule has 2 aromatic carbocycles. The highest BCUT2D eigenvalue weighted by atomic mass is 16.5. The molecule has 0 bridgehead atoms. The SMILES string of the molecule is Cc1ccccc1C(=O)c1cccn1CC=Cc1cccc(OCC(=O)O)c1. The van der Waals surface area contributed by atoms with Crippen LogP contribution in [0, 0.1) is 6.92 Å². The number of ketones is 1. The molecule has 142 valence electrons. The fourth-order valence-electron chi connectivity index (χ4n) is 2.90. The van der Waals surface area contributed by atoms with Gasteiger partial charge in [-0.25, -0.2) is 4.79 Å². The van der Waals surface area contributed by atoms with Crippen LogP contribution in [-0.2, 0) is 11.3 Å². The van der Waals surface area contributed by atoms with Crippen molar-refractivity contribution in [3.8, 4) is 5.75 Å². The number of aromatic nitrogens is 1. The van der Waals surface area contributed by atoms with Gasteiger partial charge in [0, 0.05) is 18.3 Å². The highest BCUT2D eigenvalue weighted by molar-refractivity contribution is 6.08. The molecular formula is C23H21NO4. The molecule has 5 nitrogen and oxygen atoms in total. The number of aryl methyl sites for hydroxylation is 1. The number of nitrogens with zero attached hydrogens (tertiary/aromatic N) is 1. The fourth-order valence-corrected chi connectivity index (χ4v) is 2.90. The Balaban J connectivity index is 1.70. The van der Waals surface area contributed by atoms with Crippen LogP contribution >= 0.6 is 0 Å². The first kappa shape index (κ1) is 19.2. The molecule has 0 unspecified atom stereocenters. The lowest BCUT2D eigenvalue weighted by atomic mass is 10.0. The van der Waals surface area contributed by atoms with E-state index in [0.717, 1.165) is 11.1 Å². The molecule has 0 radical (unpaired) electrons. The van der Waals surface area contributed by atoms with Crippen molar-refractivity contribution in [1.82, 2.24) is 4.57 Å². The molecule has 28 heavy (non-hydrogen) atoms. The molecule has 1 N–H and O–H groups in total. The number of rotatable bonds is 8. The van der Waals surface area contributed by atoms with Crippen LogP contribution in [0.3, 0.4) is 0 Å². The second-order valence-electron chi connectivity index (χ2n) is 6.35. The van der Waals surface area contributed by atoms with Crippen molar-refractivity contribution < 1.29 is 19.4 Å². The maximum atomic E-state index is 12.8. The minimum atomic E-state index is -1.01. The lowest BCUT2D eigenvalue weighted by molar-refractivity contribution is -0.139. The summed E-state index contributed by atoms with van der Waals surface area (Å²) in [6.07, 6.45) is 5.74. The van der Waals surface area contributed by atoms with E-state index in [9.17, 15) is 9.59 Å². The number of carbonyl (C=O) groups is 2. The molecule has 0 aliphatic carbocycles. The third kappa shape index (κ3) is 4.76. The molecule has 1 aromatic heterocycles. The van der Waals surface area contributed by atoms with E-state index in [0.29, 0.717) is 23.6 Å². The average Bonchev–Trinajstić information content (AvgIpc) is 3.15. The topological polar surface area (TPSA) is 68.5 Å². The van der Waals surface area contributed by atoms with Crippen LogP contribution in [0.2, 0.25) is 0 Å². The Hall–Kier alpha value is -3.60. The Morgan fingerprint density at radius 2 is 1.89 bits per heavy atom. The normalized spacial score (nSPS) is 10.9. The van der Waals surface area contributed by atoms with E-state index >= 15 is 0 Å². The fraction of sp³-hybridized carbons (Fsp3) is 0.130. The third-order valence-corrected chi connectivity index (χ3v) is 4.28. The molecule has 0 spiro atoms. The average molecular weight is 375 g/mol. The maximum absolute atomic E-state index is 12.8. The van der Waals surface area contributed by atoms with Crippen LogP contribution in [0.1, 0.15) is 27.2 Å². The first-order valence-corrected chi connectivity index (χ1v) is 8.91. The van der Waals surface area contributed by atoms with Crippen molar-refractivity contribution in [3.05, 3.63) is 95.3 Å². The van der Waals surface area contributed by atoms with Crippen molar-refractivity contribution in [2.45, 2.75) is 13.5 Å². The van der Waals surface area contributed by atoms with Gasteiger partial charge in [0.25, 0.3) is 0 Å². The number of hydrogen-bond acceptors (Lipinski definition) is 3. The molecule has 0 fully saturated rings. The number of carboxylic acids is 1. The maximum Gasteiger partial charge on any atom is 0.341 e. The summed E-state index contributed by atoms with van der Waals surface area (Å²) in [5, 5.41) is 8.69. The zero-order valence-corrected chi connectivity index (χ0v) is 15.5. The molecular weight excluding hydrogens is 354 g/mol. The third-order valence-electron chi connectivity index (χ3n) is 4.28. The monoisotopic (exact) mass is 375 g/mol. The summed E-state index contributed by atoms with van der Waals surface area (Å²) in [5.41, 5.74) is 3.18. The predicted molar refractivity (Wildman–Crippen MR) is 108 cm³/mol. The summed E-state index contributed by atoms with van der Waals surface area (Å²) in [7, 11) is 0. The smallest absolute Gasteiger partial charge is 0.341 e. The van der Waals surface area contributed by atoms with Gasteiger partial charge in [-0.15, -0.1) is 0 Å². The molecule has 3 rings (SSSR count). The van der Waals surface area contributed by atoms with Gasteiger partial charge >= 0.3 is 5.97 Å². The van der Waals surface area contributed by atoms with E-state index in [-0.39, 0.29) is 12.4 Å². The Labute approximate surface area is 163 Å². The molecule has 3 aromatic rings. The number of carboxylic acid groups (broad SMARTS) is 1. The van der Waals surface area contributed by atoms with Crippen LogP contribution in [0.25, 0.3) is 6.08 Å². The number of hydrogen-bond donors (Lipinski definition) is 1. The van der Waals surface area contributed by atoms with E-state index < -0.39 is 5.97 Å². The van der Waals surface area contributed by atoms with Crippen LogP contribution in [-0.4, -0.2) is 28.0 Å². The van der Waals surface area contributed by atoms with Gasteiger partial charge in [-0.2, -0.15) is 0 Å². The van der Waals surface area contributed by atoms with Gasteiger partial charge in [0.1, 0.15) is 5.75 Å². The van der Waals surface area contributed by atoms with E-state index in [2.05, 4.69) is 0 Å². The van der Waals surface area contributed by atoms with Crippen molar-refractivity contribution in [3.63, 3.8) is 0 Å². The summed E-state index contributed by atoms with van der Waals surface area (Å²) in [6, 6.07) is 18.4. The van der Waals surface area contributed by atoms with E-state index in [4.69, 9.17) is 9.84 Å². The largest absolute Gasteiger partial charge is 0.482 e.